The van der Waals surface area contributed by atoms with Gasteiger partial charge in [-0.15, -0.1) is 0 Å². The predicted molar refractivity (Wildman–Crippen MR) is 91.0 cm³/mol. The van der Waals surface area contributed by atoms with Crippen molar-refractivity contribution in [2.24, 2.45) is 0 Å². The largest absolute Gasteiger partial charge is 0.460 e. The lowest BCUT2D eigenvalue weighted by Gasteiger charge is -2.13. The Morgan fingerprint density at radius 2 is 1.88 bits per heavy atom. The fraction of sp³-hybridized carbons (Fsp3) is 0.188. The lowest BCUT2D eigenvalue weighted by atomic mass is 10.2. The summed E-state index contributed by atoms with van der Waals surface area (Å²) in [6.07, 6.45) is 0. The smallest absolute Gasteiger partial charge is 0.324 e. The molecular formula is C16H13ClFNO6S. The molecule has 10 heteroatoms. The zero-order chi connectivity index (χ0) is 19.5. The second-order valence-corrected chi connectivity index (χ2v) is 7.92. The number of rotatable bonds is 6. The van der Waals surface area contributed by atoms with Gasteiger partial charge in [-0.25, -0.2) is 12.8 Å². The van der Waals surface area contributed by atoms with Gasteiger partial charge in [0.15, 0.2) is 15.1 Å². The Balaban J connectivity index is 2.14. The summed E-state index contributed by atoms with van der Waals surface area (Å²) in [5, 5.41) is 9.08. The van der Waals surface area contributed by atoms with E-state index in [2.05, 4.69) is 0 Å². The number of benzene rings is 2. The van der Waals surface area contributed by atoms with Crippen molar-refractivity contribution in [1.29, 1.82) is 0 Å². The van der Waals surface area contributed by atoms with Crippen LogP contribution in [0.1, 0.15) is 12.5 Å². The Bertz CT molecular complexity index is 925. The summed E-state index contributed by atoms with van der Waals surface area (Å²) < 4.78 is 43.4. The summed E-state index contributed by atoms with van der Waals surface area (Å²) in [5.74, 6) is -1.78. The van der Waals surface area contributed by atoms with Crippen molar-refractivity contribution in [2.45, 2.75) is 23.7 Å². The van der Waals surface area contributed by atoms with Gasteiger partial charge < -0.3 is 4.74 Å². The van der Waals surface area contributed by atoms with Crippen LogP contribution in [0.2, 0.25) is 5.02 Å². The Morgan fingerprint density at radius 1 is 1.27 bits per heavy atom. The van der Waals surface area contributed by atoms with Crippen LogP contribution in [-0.4, -0.2) is 24.6 Å². The fourth-order valence-electron chi connectivity index (χ4n) is 2.02. The summed E-state index contributed by atoms with van der Waals surface area (Å²) in [7, 11) is -4.13. The molecule has 0 bridgehead atoms. The summed E-state index contributed by atoms with van der Waals surface area (Å²) in [5.41, 5.74) is -0.351. The first-order valence-corrected chi connectivity index (χ1v) is 9.15. The van der Waals surface area contributed by atoms with Gasteiger partial charge in [-0.3, -0.25) is 14.9 Å². The number of non-ortho nitro benzene ring substituents is 1. The van der Waals surface area contributed by atoms with E-state index >= 15 is 0 Å². The average molecular weight is 402 g/mol. The minimum Gasteiger partial charge on any atom is -0.460 e. The van der Waals surface area contributed by atoms with Gasteiger partial charge in [-0.05, 0) is 31.2 Å². The van der Waals surface area contributed by atoms with Crippen LogP contribution in [0.25, 0.3) is 0 Å². The predicted octanol–water partition coefficient (Wildman–Crippen LogP) is 3.29. The van der Waals surface area contributed by atoms with E-state index < -0.39 is 38.4 Å². The molecule has 0 aliphatic rings. The molecule has 0 amide bonds. The van der Waals surface area contributed by atoms with E-state index in [1.54, 1.807) is 0 Å². The Hall–Kier alpha value is -2.52. The van der Waals surface area contributed by atoms with Crippen LogP contribution >= 0.6 is 11.6 Å². The molecule has 0 fully saturated rings. The molecule has 138 valence electrons. The number of carbonyl (C=O) groups excluding carboxylic acids is 1. The van der Waals surface area contributed by atoms with Crippen molar-refractivity contribution < 1.29 is 27.3 Å². The Kier molecular flexibility index (Phi) is 5.94. The minimum absolute atomic E-state index is 0.0451. The zero-order valence-corrected chi connectivity index (χ0v) is 15.0. The van der Waals surface area contributed by atoms with Gasteiger partial charge in [0.05, 0.1) is 14.8 Å². The van der Waals surface area contributed by atoms with Gasteiger partial charge in [0.2, 0.25) is 0 Å². The summed E-state index contributed by atoms with van der Waals surface area (Å²) in [6.45, 7) is 0.590. The van der Waals surface area contributed by atoms with Crippen molar-refractivity contribution in [3.8, 4) is 0 Å². The summed E-state index contributed by atoms with van der Waals surface area (Å²) in [4.78, 5) is 21.7. The average Bonchev–Trinajstić information content (AvgIpc) is 2.60. The number of esters is 1. The molecule has 0 aromatic heterocycles. The summed E-state index contributed by atoms with van der Waals surface area (Å²) >= 11 is 5.81. The zero-order valence-electron chi connectivity index (χ0n) is 13.4. The molecule has 0 spiro atoms. The molecule has 0 N–H and O–H groups in total. The molecule has 2 rings (SSSR count). The number of hydrogen-bond acceptors (Lipinski definition) is 6. The van der Waals surface area contributed by atoms with Crippen molar-refractivity contribution in [2.75, 3.05) is 0 Å². The molecule has 0 unspecified atom stereocenters. The molecule has 0 heterocycles. The molecule has 1 atom stereocenters. The number of halogens is 2. The molecule has 0 saturated heterocycles. The van der Waals surface area contributed by atoms with E-state index in [1.807, 2.05) is 0 Å². The first kappa shape index (κ1) is 19.8. The van der Waals surface area contributed by atoms with Crippen LogP contribution in [0.3, 0.4) is 0 Å². The standard InChI is InChI=1S/C16H13ClFNO6S/c1-10(16(20)25-9-13-14(17)3-2-4-15(13)18)26(23,24)12-7-5-11(6-8-12)19(21)22/h2-8,10H,9H2,1H3/t10-/m0/s1. The van der Waals surface area contributed by atoms with Crippen molar-refractivity contribution >= 4 is 33.1 Å². The van der Waals surface area contributed by atoms with E-state index in [4.69, 9.17) is 16.3 Å². The van der Waals surface area contributed by atoms with Crippen molar-refractivity contribution in [3.05, 3.63) is 69.0 Å². The highest BCUT2D eigenvalue weighted by atomic mass is 35.5. The number of nitrogens with zero attached hydrogens (tertiary/aromatic N) is 1. The molecule has 0 saturated carbocycles. The van der Waals surface area contributed by atoms with E-state index in [9.17, 15) is 27.7 Å². The summed E-state index contributed by atoms with van der Waals surface area (Å²) in [6, 6.07) is 8.02. The number of nitro groups is 1. The van der Waals surface area contributed by atoms with Crippen molar-refractivity contribution in [3.63, 3.8) is 0 Å². The molecular weight excluding hydrogens is 389 g/mol. The molecule has 26 heavy (non-hydrogen) atoms. The fourth-order valence-corrected chi connectivity index (χ4v) is 3.48. The highest BCUT2D eigenvalue weighted by molar-refractivity contribution is 7.92. The maximum Gasteiger partial charge on any atom is 0.324 e. The number of nitro benzene ring substituents is 1. The number of hydrogen-bond donors (Lipinski definition) is 0. The highest BCUT2D eigenvalue weighted by Crippen LogP contribution is 2.23. The van der Waals surface area contributed by atoms with Crippen LogP contribution in [0.5, 0.6) is 0 Å². The van der Waals surface area contributed by atoms with Crippen LogP contribution < -0.4 is 0 Å². The third-order valence-electron chi connectivity index (χ3n) is 3.59. The monoisotopic (exact) mass is 401 g/mol. The Morgan fingerprint density at radius 3 is 2.42 bits per heavy atom. The van der Waals surface area contributed by atoms with E-state index in [1.165, 1.54) is 12.1 Å². The molecule has 2 aromatic rings. The van der Waals surface area contributed by atoms with Crippen molar-refractivity contribution in [1.82, 2.24) is 0 Å². The van der Waals surface area contributed by atoms with Gasteiger partial charge in [0, 0.05) is 17.7 Å². The van der Waals surface area contributed by atoms with Gasteiger partial charge >= 0.3 is 5.97 Å². The molecule has 0 radical (unpaired) electrons. The molecule has 2 aromatic carbocycles. The first-order chi connectivity index (χ1) is 12.1. The van der Waals surface area contributed by atoms with Gasteiger partial charge in [-0.1, -0.05) is 17.7 Å². The SMILES string of the molecule is C[C@@H](C(=O)OCc1c(F)cccc1Cl)S(=O)(=O)c1ccc([N+](=O)[O-])cc1. The molecule has 7 nitrogen and oxygen atoms in total. The normalized spacial score (nSPS) is 12.4. The molecule has 0 aliphatic carbocycles. The quantitative estimate of drug-likeness (QED) is 0.418. The Labute approximate surface area is 153 Å². The first-order valence-electron chi connectivity index (χ1n) is 7.22. The van der Waals surface area contributed by atoms with Gasteiger partial charge in [0.1, 0.15) is 12.4 Å². The van der Waals surface area contributed by atoms with E-state index in [0.717, 1.165) is 37.3 Å². The van der Waals surface area contributed by atoms with Gasteiger partial charge in [-0.2, -0.15) is 0 Å². The lowest BCUT2D eigenvalue weighted by molar-refractivity contribution is -0.384. The number of sulfone groups is 1. The lowest BCUT2D eigenvalue weighted by Crippen LogP contribution is -2.29. The van der Waals surface area contributed by atoms with E-state index in [-0.39, 0.29) is 21.2 Å². The van der Waals surface area contributed by atoms with E-state index in [0.29, 0.717) is 0 Å². The van der Waals surface area contributed by atoms with Crippen LogP contribution in [0.15, 0.2) is 47.4 Å². The minimum atomic E-state index is -4.13. The maximum absolute atomic E-state index is 13.7. The second kappa shape index (κ2) is 7.79. The third-order valence-corrected chi connectivity index (χ3v) is 6.00. The maximum atomic E-state index is 13.7. The van der Waals surface area contributed by atoms with Crippen LogP contribution in [-0.2, 0) is 26.0 Å². The molecule has 0 aliphatic heterocycles. The third kappa shape index (κ3) is 4.17. The van der Waals surface area contributed by atoms with Gasteiger partial charge in [0.25, 0.3) is 5.69 Å². The van der Waals surface area contributed by atoms with Crippen LogP contribution in [0.4, 0.5) is 10.1 Å². The topological polar surface area (TPSA) is 104 Å². The number of ether oxygens (including phenoxy) is 1. The highest BCUT2D eigenvalue weighted by Gasteiger charge is 2.31. The second-order valence-electron chi connectivity index (χ2n) is 5.25. The number of carbonyl (C=O) groups is 1. The van der Waals surface area contributed by atoms with Crippen LogP contribution in [0, 0.1) is 15.9 Å².